The molecular weight excluding hydrogens is 364 g/mol. The molecule has 154 valence electrons. The maximum absolute atomic E-state index is 13.2. The van der Waals surface area contributed by atoms with E-state index in [1.807, 2.05) is 50.2 Å². The van der Waals surface area contributed by atoms with Crippen molar-refractivity contribution in [3.05, 3.63) is 58.7 Å². The van der Waals surface area contributed by atoms with Gasteiger partial charge >= 0.3 is 0 Å². The third-order valence-electron chi connectivity index (χ3n) is 5.34. The third kappa shape index (κ3) is 4.61. The molecule has 1 atom stereocenters. The standard InChI is InChI=1S/C24H30N2O3/c1-5-6-7-14-29-20-12-10-19(11-13-20)15-26-23-17(3)9-8-16(2)21(23)22(24(26)28)25-18(4)27/h8-13,22H,5-7,14-15H2,1-4H3,(H,25,27)/t22-/m1/s1. The van der Waals surface area contributed by atoms with E-state index in [4.69, 9.17) is 4.74 Å². The first-order valence-corrected chi connectivity index (χ1v) is 10.3. The van der Waals surface area contributed by atoms with E-state index in [1.54, 1.807) is 4.90 Å². The number of amides is 2. The van der Waals surface area contributed by atoms with Gasteiger partial charge < -0.3 is 15.0 Å². The number of aryl methyl sites for hydroxylation is 2. The van der Waals surface area contributed by atoms with Crippen LogP contribution in [0.15, 0.2) is 36.4 Å². The molecule has 5 heteroatoms. The molecule has 0 bridgehead atoms. The lowest BCUT2D eigenvalue weighted by Gasteiger charge is -2.20. The number of rotatable bonds is 8. The van der Waals surface area contributed by atoms with Gasteiger partial charge in [-0.15, -0.1) is 0 Å². The van der Waals surface area contributed by atoms with E-state index in [-0.39, 0.29) is 11.8 Å². The zero-order valence-corrected chi connectivity index (χ0v) is 17.7. The lowest BCUT2D eigenvalue weighted by atomic mass is 9.99. The van der Waals surface area contributed by atoms with Crippen molar-refractivity contribution in [3.8, 4) is 5.75 Å². The second kappa shape index (κ2) is 9.12. The van der Waals surface area contributed by atoms with Crippen molar-refractivity contribution in [3.63, 3.8) is 0 Å². The molecule has 1 aliphatic heterocycles. The highest BCUT2D eigenvalue weighted by Gasteiger charge is 2.39. The summed E-state index contributed by atoms with van der Waals surface area (Å²) in [6.07, 6.45) is 3.40. The number of ether oxygens (including phenoxy) is 1. The fourth-order valence-corrected chi connectivity index (χ4v) is 3.84. The number of hydrogen-bond acceptors (Lipinski definition) is 3. The summed E-state index contributed by atoms with van der Waals surface area (Å²) in [5.74, 6) is 0.551. The second-order valence-electron chi connectivity index (χ2n) is 7.72. The lowest BCUT2D eigenvalue weighted by molar-refractivity contribution is -0.126. The van der Waals surface area contributed by atoms with Crippen molar-refractivity contribution >= 4 is 17.5 Å². The summed E-state index contributed by atoms with van der Waals surface area (Å²) in [5, 5.41) is 2.82. The van der Waals surface area contributed by atoms with Crippen molar-refractivity contribution in [2.45, 2.75) is 59.5 Å². The maximum Gasteiger partial charge on any atom is 0.254 e. The first-order chi connectivity index (χ1) is 13.9. The summed E-state index contributed by atoms with van der Waals surface area (Å²) in [5.41, 5.74) is 4.88. The molecular formula is C24H30N2O3. The Labute approximate surface area is 173 Å². The van der Waals surface area contributed by atoms with Gasteiger partial charge in [0, 0.05) is 12.5 Å². The van der Waals surface area contributed by atoms with E-state index >= 15 is 0 Å². The SMILES string of the molecule is CCCCCOc1ccc(CN2C(=O)[C@H](NC(C)=O)c3c(C)ccc(C)c32)cc1. The van der Waals surface area contributed by atoms with Gasteiger partial charge in [-0.1, -0.05) is 44.0 Å². The molecule has 0 radical (unpaired) electrons. The second-order valence-corrected chi connectivity index (χ2v) is 7.72. The van der Waals surface area contributed by atoms with Gasteiger partial charge in [0.25, 0.3) is 5.91 Å². The third-order valence-corrected chi connectivity index (χ3v) is 5.34. The Balaban J connectivity index is 1.80. The number of carbonyl (C=O) groups excluding carboxylic acids is 2. The molecule has 3 rings (SSSR count). The Hall–Kier alpha value is -2.82. The topological polar surface area (TPSA) is 58.6 Å². The number of carbonyl (C=O) groups is 2. The molecule has 2 aromatic carbocycles. The summed E-state index contributed by atoms with van der Waals surface area (Å²) in [6, 6.07) is 11.3. The van der Waals surface area contributed by atoms with Gasteiger partial charge in [0.15, 0.2) is 0 Å². The molecule has 0 fully saturated rings. The molecule has 0 aromatic heterocycles. The van der Waals surface area contributed by atoms with Gasteiger partial charge in [0.2, 0.25) is 5.91 Å². The molecule has 29 heavy (non-hydrogen) atoms. The minimum absolute atomic E-state index is 0.0903. The Morgan fingerprint density at radius 3 is 2.41 bits per heavy atom. The largest absolute Gasteiger partial charge is 0.494 e. The number of unbranched alkanes of at least 4 members (excludes halogenated alkanes) is 2. The van der Waals surface area contributed by atoms with E-state index in [9.17, 15) is 9.59 Å². The molecule has 1 heterocycles. The molecule has 5 nitrogen and oxygen atoms in total. The van der Waals surface area contributed by atoms with Crippen molar-refractivity contribution < 1.29 is 14.3 Å². The molecule has 1 N–H and O–H groups in total. The van der Waals surface area contributed by atoms with Crippen LogP contribution in [-0.4, -0.2) is 18.4 Å². The van der Waals surface area contributed by atoms with Crippen LogP contribution >= 0.6 is 0 Å². The number of fused-ring (bicyclic) bond motifs is 1. The van der Waals surface area contributed by atoms with Crippen LogP contribution in [0.4, 0.5) is 5.69 Å². The Morgan fingerprint density at radius 2 is 1.76 bits per heavy atom. The van der Waals surface area contributed by atoms with Gasteiger partial charge in [-0.2, -0.15) is 0 Å². The minimum atomic E-state index is -0.622. The summed E-state index contributed by atoms with van der Waals surface area (Å²) in [7, 11) is 0. The van der Waals surface area contributed by atoms with Gasteiger partial charge in [-0.25, -0.2) is 0 Å². The summed E-state index contributed by atoms with van der Waals surface area (Å²) in [4.78, 5) is 26.6. The van der Waals surface area contributed by atoms with Crippen LogP contribution in [0.25, 0.3) is 0 Å². The van der Waals surface area contributed by atoms with E-state index < -0.39 is 6.04 Å². The normalized spacial score (nSPS) is 15.4. The van der Waals surface area contributed by atoms with Crippen LogP contribution in [-0.2, 0) is 16.1 Å². The van der Waals surface area contributed by atoms with Crippen LogP contribution in [0.5, 0.6) is 5.75 Å². The smallest absolute Gasteiger partial charge is 0.254 e. The van der Waals surface area contributed by atoms with Crippen molar-refractivity contribution in [2.24, 2.45) is 0 Å². The van der Waals surface area contributed by atoms with Crippen molar-refractivity contribution in [2.75, 3.05) is 11.5 Å². The predicted octanol–water partition coefficient (Wildman–Crippen LogP) is 4.60. The van der Waals surface area contributed by atoms with Crippen molar-refractivity contribution in [1.29, 1.82) is 0 Å². The van der Waals surface area contributed by atoms with Gasteiger partial charge in [-0.05, 0) is 49.1 Å². The Kier molecular flexibility index (Phi) is 6.57. The van der Waals surface area contributed by atoms with E-state index in [2.05, 4.69) is 12.2 Å². The van der Waals surface area contributed by atoms with Crippen LogP contribution in [0, 0.1) is 13.8 Å². The van der Waals surface area contributed by atoms with Gasteiger partial charge in [-0.3, -0.25) is 9.59 Å². The molecule has 0 saturated carbocycles. The van der Waals surface area contributed by atoms with Crippen molar-refractivity contribution in [1.82, 2.24) is 5.32 Å². The molecule has 1 aliphatic rings. The zero-order valence-electron chi connectivity index (χ0n) is 17.7. The molecule has 0 spiro atoms. The Morgan fingerprint density at radius 1 is 1.07 bits per heavy atom. The van der Waals surface area contributed by atoms with Crippen LogP contribution in [0.2, 0.25) is 0 Å². The van der Waals surface area contributed by atoms with E-state index in [1.165, 1.54) is 19.8 Å². The maximum atomic E-state index is 13.2. The average molecular weight is 395 g/mol. The molecule has 0 aliphatic carbocycles. The predicted molar refractivity (Wildman–Crippen MR) is 115 cm³/mol. The lowest BCUT2D eigenvalue weighted by Crippen LogP contribution is -2.36. The van der Waals surface area contributed by atoms with E-state index in [0.29, 0.717) is 6.54 Å². The van der Waals surface area contributed by atoms with Crippen LogP contribution < -0.4 is 15.0 Å². The molecule has 2 amide bonds. The highest BCUT2D eigenvalue weighted by Crippen LogP contribution is 2.41. The zero-order chi connectivity index (χ0) is 21.0. The number of nitrogens with one attached hydrogen (secondary N) is 1. The first kappa shape index (κ1) is 20.9. The highest BCUT2D eigenvalue weighted by molar-refractivity contribution is 6.07. The molecule has 0 saturated heterocycles. The number of nitrogens with zero attached hydrogens (tertiary/aromatic N) is 1. The van der Waals surface area contributed by atoms with E-state index in [0.717, 1.165) is 46.7 Å². The summed E-state index contributed by atoms with van der Waals surface area (Å²) < 4.78 is 5.78. The van der Waals surface area contributed by atoms with Crippen LogP contribution in [0.3, 0.4) is 0 Å². The Bertz CT molecular complexity index is 890. The summed E-state index contributed by atoms with van der Waals surface area (Å²) in [6.45, 7) is 8.78. The number of anilines is 1. The monoisotopic (exact) mass is 394 g/mol. The fourth-order valence-electron chi connectivity index (χ4n) is 3.84. The van der Waals surface area contributed by atoms with Gasteiger partial charge in [0.1, 0.15) is 11.8 Å². The molecule has 0 unspecified atom stereocenters. The number of benzene rings is 2. The first-order valence-electron chi connectivity index (χ1n) is 10.3. The quantitative estimate of drug-likeness (QED) is 0.666. The number of hydrogen-bond donors (Lipinski definition) is 1. The summed E-state index contributed by atoms with van der Waals surface area (Å²) >= 11 is 0. The highest BCUT2D eigenvalue weighted by atomic mass is 16.5. The van der Waals surface area contributed by atoms with Crippen LogP contribution in [0.1, 0.15) is 61.4 Å². The minimum Gasteiger partial charge on any atom is -0.494 e. The molecule has 2 aromatic rings. The van der Waals surface area contributed by atoms with Gasteiger partial charge in [0.05, 0.1) is 18.8 Å². The fraction of sp³-hybridized carbons (Fsp3) is 0.417. The average Bonchev–Trinajstić information content (AvgIpc) is 2.96.